The second-order valence-electron chi connectivity index (χ2n) is 14.9. The second kappa shape index (κ2) is 14.0. The lowest BCUT2D eigenvalue weighted by molar-refractivity contribution is -0.148. The van der Waals surface area contributed by atoms with Crippen molar-refractivity contribution in [1.82, 2.24) is 4.98 Å². The number of aryl methyl sites for hydroxylation is 1. The SMILES string of the molecule is COC(=O)C1(Nc2cccc(Cl)c2)CCC2(CC1)c1cc3c(cc1C[C@@H]2C[C@@H](C)COc1ccnc2c1[C@H](C)CCC2)OC[C@H](CCO)O3. The molecule has 2 heterocycles. The standard InChI is InChI=1S/C40H49ClN2O6/c1-25(23-47-34-10-16-42-33-9-4-6-26(2)37(33)34)18-28-19-27-20-35-36(49-31(11-17-44)24-48-35)22-32(27)39(28)12-14-40(15-13-39,38(45)46-3)43-30-8-5-7-29(41)21-30/h5,7-8,10,16,20-22,25-26,28,31,43-44H,4,6,9,11-15,17-19,23-24H2,1-3H3/t25-,26-,28+,31+,39?,40?/m1/s1. The van der Waals surface area contributed by atoms with Gasteiger partial charge in [-0.25, -0.2) is 4.79 Å². The molecule has 0 saturated heterocycles. The van der Waals surface area contributed by atoms with Gasteiger partial charge in [-0.05, 0) is 128 Å². The number of aliphatic hydroxyl groups excluding tert-OH is 1. The Morgan fingerprint density at radius 3 is 2.78 bits per heavy atom. The van der Waals surface area contributed by atoms with Crippen molar-refractivity contribution in [3.05, 3.63) is 76.1 Å². The number of hydrogen-bond acceptors (Lipinski definition) is 8. The maximum atomic E-state index is 13.5. The molecular weight excluding hydrogens is 640 g/mol. The van der Waals surface area contributed by atoms with E-state index in [4.69, 9.17) is 30.5 Å². The molecule has 1 spiro atoms. The number of aliphatic hydroxyl groups is 1. The van der Waals surface area contributed by atoms with E-state index in [-0.39, 0.29) is 24.1 Å². The van der Waals surface area contributed by atoms with Crippen LogP contribution in [0.4, 0.5) is 5.69 Å². The summed E-state index contributed by atoms with van der Waals surface area (Å²) in [5, 5.41) is 13.7. The number of anilines is 1. The van der Waals surface area contributed by atoms with E-state index >= 15 is 0 Å². The van der Waals surface area contributed by atoms with Crippen LogP contribution < -0.4 is 19.5 Å². The van der Waals surface area contributed by atoms with Gasteiger partial charge in [-0.2, -0.15) is 0 Å². The molecule has 1 saturated carbocycles. The molecule has 3 aliphatic carbocycles. The maximum Gasteiger partial charge on any atom is 0.331 e. The van der Waals surface area contributed by atoms with Gasteiger partial charge in [0, 0.05) is 41.2 Å². The Morgan fingerprint density at radius 2 is 2.00 bits per heavy atom. The van der Waals surface area contributed by atoms with Crippen molar-refractivity contribution in [2.24, 2.45) is 11.8 Å². The Kier molecular flexibility index (Phi) is 9.73. The van der Waals surface area contributed by atoms with Gasteiger partial charge in [-0.3, -0.25) is 4.98 Å². The number of carbonyl (C=O) groups excluding carboxylic acids is 1. The minimum atomic E-state index is -0.857. The lowest BCUT2D eigenvalue weighted by atomic mass is 9.59. The lowest BCUT2D eigenvalue weighted by Gasteiger charge is -2.48. The van der Waals surface area contributed by atoms with Crippen molar-refractivity contribution in [2.45, 2.75) is 101 Å². The van der Waals surface area contributed by atoms with Crippen LogP contribution >= 0.6 is 11.6 Å². The van der Waals surface area contributed by atoms with E-state index in [0.717, 1.165) is 55.0 Å². The molecule has 7 rings (SSSR count). The summed E-state index contributed by atoms with van der Waals surface area (Å²) < 4.78 is 24.5. The molecule has 3 aromatic rings. The zero-order chi connectivity index (χ0) is 34.2. The van der Waals surface area contributed by atoms with Crippen molar-refractivity contribution >= 4 is 23.3 Å². The smallest absolute Gasteiger partial charge is 0.331 e. The lowest BCUT2D eigenvalue weighted by Crippen LogP contribution is -2.53. The summed E-state index contributed by atoms with van der Waals surface area (Å²) in [6.45, 7) is 5.71. The van der Waals surface area contributed by atoms with Crippen molar-refractivity contribution in [1.29, 1.82) is 0 Å². The molecule has 0 radical (unpaired) electrons. The summed E-state index contributed by atoms with van der Waals surface area (Å²) >= 11 is 6.33. The average Bonchev–Trinajstić information content (AvgIpc) is 3.38. The first-order valence-corrected chi connectivity index (χ1v) is 18.4. The highest BCUT2D eigenvalue weighted by molar-refractivity contribution is 6.30. The van der Waals surface area contributed by atoms with Crippen LogP contribution in [-0.4, -0.2) is 54.6 Å². The summed E-state index contributed by atoms with van der Waals surface area (Å²) in [7, 11) is 1.47. The summed E-state index contributed by atoms with van der Waals surface area (Å²) in [5.74, 6) is 3.39. The molecule has 1 fully saturated rings. The van der Waals surface area contributed by atoms with Crippen LogP contribution in [0, 0.1) is 11.8 Å². The van der Waals surface area contributed by atoms with E-state index in [1.807, 2.05) is 36.5 Å². The van der Waals surface area contributed by atoms with E-state index < -0.39 is 5.54 Å². The number of hydrogen-bond donors (Lipinski definition) is 2. The Labute approximate surface area is 294 Å². The number of nitrogens with one attached hydrogen (secondary N) is 1. The van der Waals surface area contributed by atoms with E-state index in [0.29, 0.717) is 55.3 Å². The van der Waals surface area contributed by atoms with E-state index in [1.165, 1.54) is 42.3 Å². The molecule has 2 N–H and O–H groups in total. The number of aromatic nitrogens is 1. The summed E-state index contributed by atoms with van der Waals surface area (Å²) in [5.41, 5.74) is 4.88. The number of esters is 1. The van der Waals surface area contributed by atoms with Crippen molar-refractivity contribution < 1.29 is 28.8 Å². The van der Waals surface area contributed by atoms with E-state index in [9.17, 15) is 9.90 Å². The van der Waals surface area contributed by atoms with Gasteiger partial charge >= 0.3 is 5.97 Å². The van der Waals surface area contributed by atoms with Crippen LogP contribution in [0.5, 0.6) is 17.2 Å². The molecule has 8 nitrogen and oxygen atoms in total. The summed E-state index contributed by atoms with van der Waals surface area (Å²) in [6.07, 6.45) is 10.4. The van der Waals surface area contributed by atoms with Crippen LogP contribution in [-0.2, 0) is 27.8 Å². The molecule has 1 aliphatic heterocycles. The van der Waals surface area contributed by atoms with Crippen LogP contribution in [0.2, 0.25) is 5.02 Å². The molecular formula is C40H49ClN2O6. The highest BCUT2D eigenvalue weighted by Gasteiger charge is 2.55. The molecule has 262 valence electrons. The fraction of sp³-hybridized carbons (Fsp3) is 0.550. The topological polar surface area (TPSA) is 99.1 Å². The van der Waals surface area contributed by atoms with E-state index in [1.54, 1.807) is 0 Å². The highest BCUT2D eigenvalue weighted by Crippen LogP contribution is 2.58. The molecule has 0 bridgehead atoms. The Morgan fingerprint density at radius 1 is 1.16 bits per heavy atom. The normalized spacial score (nSPS) is 27.6. The van der Waals surface area contributed by atoms with Gasteiger partial charge in [0.15, 0.2) is 11.5 Å². The minimum Gasteiger partial charge on any atom is -0.493 e. The molecule has 2 aromatic carbocycles. The third-order valence-electron chi connectivity index (χ3n) is 11.7. The van der Waals surface area contributed by atoms with Crippen molar-refractivity contribution in [3.8, 4) is 17.2 Å². The molecule has 4 aliphatic rings. The van der Waals surface area contributed by atoms with Crippen molar-refractivity contribution in [3.63, 3.8) is 0 Å². The first-order chi connectivity index (χ1) is 23.7. The number of carbonyl (C=O) groups is 1. The predicted octanol–water partition coefficient (Wildman–Crippen LogP) is 7.81. The summed E-state index contributed by atoms with van der Waals surface area (Å²) in [4.78, 5) is 18.2. The molecule has 0 amide bonds. The zero-order valence-corrected chi connectivity index (χ0v) is 29.7. The number of halogens is 1. The second-order valence-corrected chi connectivity index (χ2v) is 15.3. The van der Waals surface area contributed by atoms with Crippen LogP contribution in [0.15, 0.2) is 48.7 Å². The van der Waals surface area contributed by atoms with Crippen LogP contribution in [0.3, 0.4) is 0 Å². The van der Waals surface area contributed by atoms with Gasteiger partial charge in [0.1, 0.15) is 24.0 Å². The Balaban J connectivity index is 1.16. The molecule has 4 atom stereocenters. The number of methoxy groups -OCH3 is 1. The van der Waals surface area contributed by atoms with Gasteiger partial charge < -0.3 is 29.4 Å². The van der Waals surface area contributed by atoms with Crippen LogP contribution in [0.25, 0.3) is 0 Å². The number of nitrogens with zero attached hydrogens (tertiary/aromatic N) is 1. The third kappa shape index (κ3) is 6.59. The number of pyridine rings is 1. The number of benzene rings is 2. The monoisotopic (exact) mass is 688 g/mol. The van der Waals surface area contributed by atoms with Gasteiger partial charge in [-0.15, -0.1) is 0 Å². The van der Waals surface area contributed by atoms with E-state index in [2.05, 4.69) is 36.3 Å². The number of fused-ring (bicyclic) bond motifs is 4. The number of ether oxygens (including phenoxy) is 4. The van der Waals surface area contributed by atoms with Gasteiger partial charge in [0.25, 0.3) is 0 Å². The summed E-state index contributed by atoms with van der Waals surface area (Å²) in [6, 6.07) is 14.0. The molecule has 9 heteroatoms. The van der Waals surface area contributed by atoms with Gasteiger partial charge in [0.05, 0.1) is 13.7 Å². The fourth-order valence-corrected chi connectivity index (χ4v) is 9.37. The Bertz CT molecular complexity index is 1670. The first-order valence-electron chi connectivity index (χ1n) is 18.0. The minimum absolute atomic E-state index is 0.0523. The maximum absolute atomic E-state index is 13.5. The largest absolute Gasteiger partial charge is 0.493 e. The highest BCUT2D eigenvalue weighted by atomic mass is 35.5. The zero-order valence-electron chi connectivity index (χ0n) is 28.9. The average molecular weight is 689 g/mol. The number of rotatable bonds is 10. The molecule has 0 unspecified atom stereocenters. The predicted molar refractivity (Wildman–Crippen MR) is 190 cm³/mol. The third-order valence-corrected chi connectivity index (χ3v) is 11.9. The van der Waals surface area contributed by atoms with Crippen LogP contribution in [0.1, 0.15) is 93.5 Å². The Hall–Kier alpha value is -3.49. The molecule has 49 heavy (non-hydrogen) atoms. The van der Waals surface area contributed by atoms with Crippen molar-refractivity contribution in [2.75, 3.05) is 32.2 Å². The molecule has 1 aromatic heterocycles. The fourth-order valence-electron chi connectivity index (χ4n) is 9.18. The quantitative estimate of drug-likeness (QED) is 0.208. The first kappa shape index (κ1) is 34.0. The van der Waals surface area contributed by atoms with Gasteiger partial charge in [-0.1, -0.05) is 31.5 Å². The van der Waals surface area contributed by atoms with Gasteiger partial charge in [0.2, 0.25) is 0 Å².